The zero-order valence-electron chi connectivity index (χ0n) is 16.5. The summed E-state index contributed by atoms with van der Waals surface area (Å²) in [4.78, 5) is 27.8. The van der Waals surface area contributed by atoms with Gasteiger partial charge in [0.1, 0.15) is 5.75 Å². The van der Waals surface area contributed by atoms with Crippen molar-refractivity contribution in [3.8, 4) is 5.75 Å². The van der Waals surface area contributed by atoms with Crippen LogP contribution in [0.1, 0.15) is 26.3 Å². The van der Waals surface area contributed by atoms with E-state index in [0.29, 0.717) is 11.5 Å². The van der Waals surface area contributed by atoms with Crippen molar-refractivity contribution in [1.82, 2.24) is 15.0 Å². The molecule has 0 aliphatic carbocycles. The molecule has 2 aromatic carbocycles. The lowest BCUT2D eigenvalue weighted by Crippen LogP contribution is -2.21. The van der Waals surface area contributed by atoms with Crippen LogP contribution in [-0.4, -0.2) is 32.9 Å². The third-order valence-corrected chi connectivity index (χ3v) is 5.13. The number of amides is 1. The van der Waals surface area contributed by atoms with E-state index in [0.717, 1.165) is 28.3 Å². The number of hydrogen-bond donors (Lipinski definition) is 1. The van der Waals surface area contributed by atoms with Crippen molar-refractivity contribution in [3.63, 3.8) is 0 Å². The maximum atomic E-state index is 12.2. The number of carbonyl (C=O) groups is 2. The highest BCUT2D eigenvalue weighted by Gasteiger charge is 2.11. The van der Waals surface area contributed by atoms with Gasteiger partial charge in [-0.25, -0.2) is 10.4 Å². The molecule has 0 saturated carbocycles. The molecule has 0 aliphatic rings. The van der Waals surface area contributed by atoms with Crippen molar-refractivity contribution in [2.75, 3.05) is 5.75 Å². The largest absolute Gasteiger partial charge is 0.427 e. The summed E-state index contributed by atoms with van der Waals surface area (Å²) in [6.07, 6.45) is 0. The number of nitrogens with zero attached hydrogens (tertiary/aromatic N) is 3. The fourth-order valence-corrected chi connectivity index (χ4v) is 3.64. The van der Waals surface area contributed by atoms with Gasteiger partial charge in [-0.2, -0.15) is 5.10 Å². The van der Waals surface area contributed by atoms with E-state index in [4.69, 9.17) is 4.74 Å². The molecule has 0 fully saturated rings. The molecule has 0 atom stereocenters. The number of fused-ring (bicyclic) bond motifs is 1. The van der Waals surface area contributed by atoms with E-state index < -0.39 is 0 Å². The average molecular weight is 410 g/mol. The molecule has 1 amide bonds. The van der Waals surface area contributed by atoms with Crippen LogP contribution in [0.25, 0.3) is 11.0 Å². The number of aromatic nitrogens is 2. The molecule has 150 valence electrons. The van der Waals surface area contributed by atoms with Crippen molar-refractivity contribution >= 4 is 40.4 Å². The highest BCUT2D eigenvalue weighted by atomic mass is 32.2. The minimum Gasteiger partial charge on any atom is -0.427 e. The van der Waals surface area contributed by atoms with Crippen molar-refractivity contribution < 1.29 is 14.3 Å². The topological polar surface area (TPSA) is 85.6 Å². The predicted molar refractivity (Wildman–Crippen MR) is 114 cm³/mol. The van der Waals surface area contributed by atoms with Gasteiger partial charge in [0.05, 0.1) is 22.5 Å². The molecule has 29 heavy (non-hydrogen) atoms. The molecule has 0 spiro atoms. The van der Waals surface area contributed by atoms with Crippen LogP contribution in [0.2, 0.25) is 0 Å². The molecule has 3 aromatic rings. The number of hydrogen-bond acceptors (Lipinski definition) is 6. The number of para-hydroxylation sites is 2. The van der Waals surface area contributed by atoms with Gasteiger partial charge in [-0.05, 0) is 55.8 Å². The van der Waals surface area contributed by atoms with Gasteiger partial charge in [0.2, 0.25) is 0 Å². The van der Waals surface area contributed by atoms with Gasteiger partial charge in [-0.15, -0.1) is 0 Å². The summed E-state index contributed by atoms with van der Waals surface area (Å²) in [7, 11) is 0. The van der Waals surface area contributed by atoms with Crippen molar-refractivity contribution in [3.05, 3.63) is 54.1 Å². The van der Waals surface area contributed by atoms with Gasteiger partial charge in [0.25, 0.3) is 5.91 Å². The summed E-state index contributed by atoms with van der Waals surface area (Å²) in [6.45, 7) is 5.98. The summed E-state index contributed by atoms with van der Waals surface area (Å²) >= 11 is 1.38. The first kappa shape index (κ1) is 20.6. The summed E-state index contributed by atoms with van der Waals surface area (Å²) < 4.78 is 7.09. The van der Waals surface area contributed by atoms with Crippen LogP contribution in [0.3, 0.4) is 0 Å². The van der Waals surface area contributed by atoms with Crippen LogP contribution in [-0.2, 0) is 16.1 Å². The summed E-state index contributed by atoms with van der Waals surface area (Å²) in [5.41, 5.74) is 6.03. The molecule has 0 aliphatic heterocycles. The minimum absolute atomic E-state index is 0.208. The van der Waals surface area contributed by atoms with E-state index in [1.807, 2.05) is 24.3 Å². The second-order valence-corrected chi connectivity index (χ2v) is 7.21. The first-order valence-electron chi connectivity index (χ1n) is 9.18. The van der Waals surface area contributed by atoms with Crippen LogP contribution < -0.4 is 10.2 Å². The number of imidazole rings is 1. The summed E-state index contributed by atoms with van der Waals surface area (Å²) in [6, 6.07) is 14.8. The molecular weight excluding hydrogens is 388 g/mol. The van der Waals surface area contributed by atoms with Crippen LogP contribution in [0, 0.1) is 0 Å². The van der Waals surface area contributed by atoms with Gasteiger partial charge < -0.3 is 9.30 Å². The number of benzene rings is 2. The maximum absolute atomic E-state index is 12.2. The number of ether oxygens (including phenoxy) is 1. The Labute approximate surface area is 173 Å². The minimum atomic E-state index is -0.371. The average Bonchev–Trinajstić information content (AvgIpc) is 3.08. The number of nitrogens with one attached hydrogen (secondary N) is 1. The third-order valence-electron chi connectivity index (χ3n) is 4.15. The second-order valence-electron chi connectivity index (χ2n) is 6.27. The van der Waals surface area contributed by atoms with Crippen molar-refractivity contribution in [2.45, 2.75) is 32.5 Å². The lowest BCUT2D eigenvalue weighted by Gasteiger charge is -2.06. The SMILES string of the molecule is CCn1c(SCC(=O)NN=C(C)c2ccc(OC(C)=O)cc2)nc2ccccc21. The lowest BCUT2D eigenvalue weighted by atomic mass is 10.1. The molecule has 7 nitrogen and oxygen atoms in total. The van der Waals surface area contributed by atoms with Crippen LogP contribution >= 0.6 is 11.8 Å². The van der Waals surface area contributed by atoms with E-state index in [1.165, 1.54) is 18.7 Å². The Bertz CT molecular complexity index is 1060. The zero-order chi connectivity index (χ0) is 20.8. The first-order valence-corrected chi connectivity index (χ1v) is 10.2. The van der Waals surface area contributed by atoms with Gasteiger partial charge in [0.15, 0.2) is 5.16 Å². The third kappa shape index (κ3) is 5.23. The quantitative estimate of drug-likeness (QED) is 0.211. The standard InChI is InChI=1S/C21H22N4O3S/c1-4-25-19-8-6-5-7-18(19)22-21(25)29-13-20(27)24-23-14(2)16-9-11-17(12-10-16)28-15(3)26/h5-12H,4,13H2,1-3H3,(H,24,27). The lowest BCUT2D eigenvalue weighted by molar-refractivity contribution is -0.131. The van der Waals surface area contributed by atoms with Gasteiger partial charge in [-0.1, -0.05) is 23.9 Å². The molecule has 1 aromatic heterocycles. The summed E-state index contributed by atoms with van der Waals surface area (Å²) in [5.74, 6) is 0.101. The Hall–Kier alpha value is -3.13. The Morgan fingerprint density at radius 2 is 1.86 bits per heavy atom. The number of aryl methyl sites for hydroxylation is 1. The molecule has 8 heteroatoms. The molecule has 0 saturated heterocycles. The summed E-state index contributed by atoms with van der Waals surface area (Å²) in [5, 5.41) is 4.96. The molecular formula is C21H22N4O3S. The first-order chi connectivity index (χ1) is 14.0. The number of thioether (sulfide) groups is 1. The van der Waals surface area contributed by atoms with Crippen molar-refractivity contribution in [1.29, 1.82) is 0 Å². The van der Waals surface area contributed by atoms with Crippen LogP contribution in [0.15, 0.2) is 58.8 Å². The molecule has 0 bridgehead atoms. The van der Waals surface area contributed by atoms with Crippen molar-refractivity contribution in [2.24, 2.45) is 5.10 Å². The Balaban J connectivity index is 1.59. The fraction of sp³-hybridized carbons (Fsp3) is 0.238. The number of rotatable bonds is 7. The Morgan fingerprint density at radius 3 is 2.55 bits per heavy atom. The Morgan fingerprint density at radius 1 is 1.14 bits per heavy atom. The molecule has 0 radical (unpaired) electrons. The molecule has 0 unspecified atom stereocenters. The van der Waals surface area contributed by atoms with Crippen LogP contribution in [0.4, 0.5) is 0 Å². The molecule has 3 rings (SSSR count). The molecule has 1 heterocycles. The molecule has 1 N–H and O–H groups in total. The predicted octanol–water partition coefficient (Wildman–Crippen LogP) is 3.61. The highest BCUT2D eigenvalue weighted by Crippen LogP contribution is 2.23. The fourth-order valence-electron chi connectivity index (χ4n) is 2.77. The van der Waals surface area contributed by atoms with E-state index >= 15 is 0 Å². The highest BCUT2D eigenvalue weighted by molar-refractivity contribution is 7.99. The maximum Gasteiger partial charge on any atom is 0.308 e. The smallest absolute Gasteiger partial charge is 0.308 e. The Kier molecular flexibility index (Phi) is 6.66. The number of hydrazone groups is 1. The van der Waals surface area contributed by atoms with E-state index in [2.05, 4.69) is 27.0 Å². The van der Waals surface area contributed by atoms with E-state index in [-0.39, 0.29) is 17.6 Å². The number of esters is 1. The zero-order valence-corrected chi connectivity index (χ0v) is 17.3. The monoisotopic (exact) mass is 410 g/mol. The van der Waals surface area contributed by atoms with Gasteiger partial charge in [-0.3, -0.25) is 9.59 Å². The van der Waals surface area contributed by atoms with E-state index in [9.17, 15) is 9.59 Å². The second kappa shape index (κ2) is 9.38. The number of carbonyl (C=O) groups excluding carboxylic acids is 2. The van der Waals surface area contributed by atoms with E-state index in [1.54, 1.807) is 31.2 Å². The normalized spacial score (nSPS) is 11.5. The van der Waals surface area contributed by atoms with Gasteiger partial charge in [0, 0.05) is 13.5 Å². The van der Waals surface area contributed by atoms with Crippen LogP contribution in [0.5, 0.6) is 5.75 Å². The van der Waals surface area contributed by atoms with Gasteiger partial charge >= 0.3 is 5.97 Å².